The number of thiazole rings is 1. The zero-order valence-electron chi connectivity index (χ0n) is 14.3. The van der Waals surface area contributed by atoms with E-state index in [-0.39, 0.29) is 17.4 Å². The van der Waals surface area contributed by atoms with E-state index in [1.807, 2.05) is 12.1 Å². The molecule has 0 aliphatic carbocycles. The molecule has 3 aromatic rings. The molecule has 3 heterocycles. The second-order valence-corrected chi connectivity index (χ2v) is 6.54. The van der Waals surface area contributed by atoms with Gasteiger partial charge >= 0.3 is 0 Å². The van der Waals surface area contributed by atoms with Gasteiger partial charge < -0.3 is 10.3 Å². The minimum Gasteiger partial charge on any atom is -0.352 e. The van der Waals surface area contributed by atoms with Crippen LogP contribution >= 0.6 is 11.3 Å². The topological polar surface area (TPSA) is 117 Å². The van der Waals surface area contributed by atoms with Crippen LogP contribution < -0.4 is 16.2 Å². The summed E-state index contributed by atoms with van der Waals surface area (Å²) in [6.45, 7) is 0.435. The minimum atomic E-state index is -0.360. The number of carbonyl (C=O) groups excluding carboxylic acids is 2. The highest BCUT2D eigenvalue weighted by Crippen LogP contribution is 2.17. The molecule has 0 aliphatic heterocycles. The summed E-state index contributed by atoms with van der Waals surface area (Å²) in [5.41, 5.74) is 1.73. The summed E-state index contributed by atoms with van der Waals surface area (Å²) in [5.74, 6) is -0.438. The molecule has 3 N–H and O–H groups in total. The first-order valence-corrected chi connectivity index (χ1v) is 9.08. The molecule has 0 unspecified atom stereocenters. The second kappa shape index (κ2) is 8.86. The van der Waals surface area contributed by atoms with Gasteiger partial charge in [-0.1, -0.05) is 6.07 Å². The van der Waals surface area contributed by atoms with E-state index in [0.29, 0.717) is 30.1 Å². The number of aromatic nitrogens is 3. The molecular formula is C18H17N5O3S. The summed E-state index contributed by atoms with van der Waals surface area (Å²) in [6, 6.07) is 6.44. The van der Waals surface area contributed by atoms with Crippen molar-refractivity contribution in [1.82, 2.24) is 20.3 Å². The smallest absolute Gasteiger partial charge is 0.258 e. The molecule has 2 amide bonds. The molecule has 0 spiro atoms. The quantitative estimate of drug-likeness (QED) is 0.574. The van der Waals surface area contributed by atoms with Crippen LogP contribution in [0.1, 0.15) is 28.0 Å². The molecule has 27 heavy (non-hydrogen) atoms. The zero-order valence-corrected chi connectivity index (χ0v) is 15.1. The number of hydrogen-bond donors (Lipinski definition) is 3. The van der Waals surface area contributed by atoms with Crippen molar-refractivity contribution in [2.45, 2.75) is 19.4 Å². The molecule has 9 heteroatoms. The lowest BCUT2D eigenvalue weighted by molar-refractivity contribution is -0.121. The van der Waals surface area contributed by atoms with Crippen LogP contribution in [-0.2, 0) is 17.8 Å². The van der Waals surface area contributed by atoms with Gasteiger partial charge in [0.1, 0.15) is 0 Å². The number of H-pyrrole nitrogens is 1. The zero-order chi connectivity index (χ0) is 19.1. The summed E-state index contributed by atoms with van der Waals surface area (Å²) in [4.78, 5) is 45.8. The Bertz CT molecular complexity index is 963. The number of nitrogens with zero attached hydrogens (tertiary/aromatic N) is 2. The molecule has 0 saturated carbocycles. The maximum atomic E-state index is 12.1. The van der Waals surface area contributed by atoms with Crippen molar-refractivity contribution in [1.29, 1.82) is 0 Å². The molecule has 8 nitrogen and oxygen atoms in total. The predicted octanol–water partition coefficient (Wildman–Crippen LogP) is 1.73. The van der Waals surface area contributed by atoms with E-state index in [9.17, 15) is 14.4 Å². The normalized spacial score (nSPS) is 10.4. The number of rotatable bonds is 7. The fourth-order valence-electron chi connectivity index (χ4n) is 2.23. The van der Waals surface area contributed by atoms with Crippen molar-refractivity contribution in [2.24, 2.45) is 0 Å². The van der Waals surface area contributed by atoms with Gasteiger partial charge in [-0.25, -0.2) is 4.98 Å². The van der Waals surface area contributed by atoms with Crippen molar-refractivity contribution >= 4 is 28.3 Å². The highest BCUT2D eigenvalue weighted by atomic mass is 32.1. The van der Waals surface area contributed by atoms with Gasteiger partial charge in [-0.2, -0.15) is 0 Å². The van der Waals surface area contributed by atoms with Gasteiger partial charge in [0.25, 0.3) is 5.91 Å². The van der Waals surface area contributed by atoms with Crippen LogP contribution in [0.2, 0.25) is 0 Å². The third-order valence-electron chi connectivity index (χ3n) is 3.64. The molecule has 0 fully saturated rings. The van der Waals surface area contributed by atoms with Crippen molar-refractivity contribution in [2.75, 3.05) is 5.32 Å². The Kier molecular flexibility index (Phi) is 6.06. The second-order valence-electron chi connectivity index (χ2n) is 5.68. The van der Waals surface area contributed by atoms with E-state index < -0.39 is 0 Å². The molecule has 0 atom stereocenters. The van der Waals surface area contributed by atoms with Gasteiger partial charge in [0.15, 0.2) is 5.13 Å². The van der Waals surface area contributed by atoms with Crippen LogP contribution in [0.15, 0.2) is 53.0 Å². The molecule has 0 radical (unpaired) electrons. The molecule has 0 aliphatic rings. The maximum absolute atomic E-state index is 12.1. The lowest BCUT2D eigenvalue weighted by atomic mass is 10.2. The molecule has 0 bridgehead atoms. The maximum Gasteiger partial charge on any atom is 0.258 e. The van der Waals surface area contributed by atoms with Crippen LogP contribution in [0.3, 0.4) is 0 Å². The summed E-state index contributed by atoms with van der Waals surface area (Å²) in [5, 5.41) is 7.75. The standard InChI is InChI=1S/C18H17N5O3S/c24-15-5-3-13(10-21-15)17(26)23-18-22-14(11-27-18)4-6-16(25)20-9-12-2-1-7-19-8-12/h1-3,5,7-8,10-11H,4,6,9H2,(H,20,25)(H,21,24)(H,22,23,26). The van der Waals surface area contributed by atoms with Gasteiger partial charge in [-0.3, -0.25) is 24.7 Å². The Morgan fingerprint density at radius 1 is 1.22 bits per heavy atom. The minimum absolute atomic E-state index is 0.0781. The summed E-state index contributed by atoms with van der Waals surface area (Å²) >= 11 is 1.28. The van der Waals surface area contributed by atoms with Crippen LogP contribution in [0.4, 0.5) is 5.13 Å². The number of hydrogen-bond acceptors (Lipinski definition) is 6. The summed E-state index contributed by atoms with van der Waals surface area (Å²) < 4.78 is 0. The number of aryl methyl sites for hydroxylation is 1. The van der Waals surface area contributed by atoms with Gasteiger partial charge in [-0.15, -0.1) is 11.3 Å². The SMILES string of the molecule is O=C(CCc1csc(NC(=O)c2ccc(=O)[nH]c2)n1)NCc1cccnc1. The molecule has 0 aromatic carbocycles. The van der Waals surface area contributed by atoms with E-state index in [4.69, 9.17) is 0 Å². The number of aromatic amines is 1. The van der Waals surface area contributed by atoms with Crippen molar-refractivity contribution in [3.8, 4) is 0 Å². The van der Waals surface area contributed by atoms with E-state index in [1.54, 1.807) is 17.8 Å². The number of amides is 2. The molecule has 3 aromatic heterocycles. The Hall–Kier alpha value is -3.33. The van der Waals surface area contributed by atoms with Gasteiger partial charge in [0.05, 0.1) is 11.3 Å². The van der Waals surface area contributed by atoms with Gasteiger partial charge in [0.2, 0.25) is 11.5 Å². The van der Waals surface area contributed by atoms with Crippen molar-refractivity contribution in [3.63, 3.8) is 0 Å². The first-order valence-electron chi connectivity index (χ1n) is 8.20. The highest BCUT2D eigenvalue weighted by molar-refractivity contribution is 7.14. The number of anilines is 1. The van der Waals surface area contributed by atoms with Gasteiger partial charge in [-0.05, 0) is 24.1 Å². The monoisotopic (exact) mass is 383 g/mol. The molecule has 138 valence electrons. The van der Waals surface area contributed by atoms with Crippen molar-refractivity contribution < 1.29 is 9.59 Å². The number of nitrogens with one attached hydrogen (secondary N) is 3. The van der Waals surface area contributed by atoms with Crippen molar-refractivity contribution in [3.05, 3.63) is 75.4 Å². The summed E-state index contributed by atoms with van der Waals surface area (Å²) in [7, 11) is 0. The first kappa shape index (κ1) is 18.5. The molecule has 3 rings (SSSR count). The van der Waals surface area contributed by atoms with Crippen LogP contribution in [0.5, 0.6) is 0 Å². The average Bonchev–Trinajstić information content (AvgIpc) is 3.13. The highest BCUT2D eigenvalue weighted by Gasteiger charge is 2.10. The van der Waals surface area contributed by atoms with E-state index in [2.05, 4.69) is 25.6 Å². The Balaban J connectivity index is 1.46. The third kappa shape index (κ3) is 5.58. The third-order valence-corrected chi connectivity index (χ3v) is 4.45. The van der Waals surface area contributed by atoms with E-state index in [0.717, 1.165) is 11.3 Å². The lowest BCUT2D eigenvalue weighted by Gasteiger charge is -2.04. The first-order chi connectivity index (χ1) is 13.1. The fourth-order valence-corrected chi connectivity index (χ4v) is 2.97. The van der Waals surface area contributed by atoms with E-state index >= 15 is 0 Å². The Morgan fingerprint density at radius 3 is 2.85 bits per heavy atom. The molecular weight excluding hydrogens is 366 g/mol. The van der Waals surface area contributed by atoms with Crippen LogP contribution in [0, 0.1) is 0 Å². The largest absolute Gasteiger partial charge is 0.352 e. The van der Waals surface area contributed by atoms with Crippen LogP contribution in [-0.4, -0.2) is 26.8 Å². The fraction of sp³-hybridized carbons (Fsp3) is 0.167. The predicted molar refractivity (Wildman–Crippen MR) is 102 cm³/mol. The van der Waals surface area contributed by atoms with E-state index in [1.165, 1.54) is 29.7 Å². The number of carbonyl (C=O) groups is 2. The summed E-state index contributed by atoms with van der Waals surface area (Å²) in [6.07, 6.45) is 5.51. The average molecular weight is 383 g/mol. The Labute approximate surface area is 158 Å². The Morgan fingerprint density at radius 2 is 2.11 bits per heavy atom. The number of pyridine rings is 2. The van der Waals surface area contributed by atoms with Gasteiger partial charge in [0, 0.05) is 43.0 Å². The lowest BCUT2D eigenvalue weighted by Crippen LogP contribution is -2.23. The molecule has 0 saturated heterocycles. The van der Waals surface area contributed by atoms with Crippen LogP contribution in [0.25, 0.3) is 0 Å².